The fourth-order valence-corrected chi connectivity index (χ4v) is 2.71. The van der Waals surface area contributed by atoms with E-state index in [9.17, 15) is 0 Å². The van der Waals surface area contributed by atoms with Crippen molar-refractivity contribution in [3.05, 3.63) is 18.3 Å². The first-order valence-electron chi connectivity index (χ1n) is 7.17. The van der Waals surface area contributed by atoms with Gasteiger partial charge >= 0.3 is 0 Å². The fraction of sp³-hybridized carbons (Fsp3) is 0.571. The van der Waals surface area contributed by atoms with Gasteiger partial charge in [-0.2, -0.15) is 4.98 Å². The molecule has 1 saturated carbocycles. The van der Waals surface area contributed by atoms with Crippen LogP contribution in [0.25, 0.3) is 11.5 Å². The third kappa shape index (κ3) is 3.02. The molecular formula is C14H19N5O2. The molecule has 1 aliphatic carbocycles. The smallest absolute Gasteiger partial charge is 0.230 e. The second-order valence-electron chi connectivity index (χ2n) is 5.24. The minimum absolute atomic E-state index is 0.347. The summed E-state index contributed by atoms with van der Waals surface area (Å²) in [5, 5.41) is 7.35. The van der Waals surface area contributed by atoms with E-state index in [1.807, 2.05) is 7.05 Å². The zero-order chi connectivity index (χ0) is 14.7. The first kappa shape index (κ1) is 13.9. The van der Waals surface area contributed by atoms with Crippen LogP contribution in [0.3, 0.4) is 0 Å². The molecule has 7 nitrogen and oxygen atoms in total. The van der Waals surface area contributed by atoms with Crippen LogP contribution in [0, 0.1) is 0 Å². The molecule has 0 unspecified atom stereocenters. The molecule has 0 aromatic carbocycles. The minimum atomic E-state index is 0.347. The number of nitrogens with zero attached hydrogens (tertiary/aromatic N) is 4. The second kappa shape index (κ2) is 6.17. The van der Waals surface area contributed by atoms with Gasteiger partial charge in [0.15, 0.2) is 0 Å². The number of rotatable bonds is 4. The number of ether oxygens (including phenoxy) is 1. The Hall–Kier alpha value is -2.02. The molecule has 21 heavy (non-hydrogen) atoms. The molecule has 1 N–H and O–H groups in total. The predicted molar refractivity (Wildman–Crippen MR) is 75.9 cm³/mol. The van der Waals surface area contributed by atoms with Crippen molar-refractivity contribution < 1.29 is 9.26 Å². The Labute approximate surface area is 123 Å². The molecule has 0 radical (unpaired) electrons. The first-order chi connectivity index (χ1) is 10.3. The number of methoxy groups -OCH3 is 1. The van der Waals surface area contributed by atoms with Crippen LogP contribution >= 0.6 is 0 Å². The van der Waals surface area contributed by atoms with Gasteiger partial charge in [0.05, 0.1) is 7.11 Å². The summed E-state index contributed by atoms with van der Waals surface area (Å²) in [6.07, 6.45) is 5.85. The molecule has 1 fully saturated rings. The fourth-order valence-electron chi connectivity index (χ4n) is 2.71. The first-order valence-corrected chi connectivity index (χ1v) is 7.17. The van der Waals surface area contributed by atoms with Gasteiger partial charge in [0.25, 0.3) is 0 Å². The van der Waals surface area contributed by atoms with Crippen molar-refractivity contribution in [2.75, 3.05) is 14.2 Å². The molecule has 2 aromatic heterocycles. The Morgan fingerprint density at radius 2 is 2.05 bits per heavy atom. The molecule has 0 atom stereocenters. The second-order valence-corrected chi connectivity index (χ2v) is 5.24. The van der Waals surface area contributed by atoms with Crippen LogP contribution < -0.4 is 10.1 Å². The van der Waals surface area contributed by atoms with Crippen LogP contribution in [-0.4, -0.2) is 40.3 Å². The van der Waals surface area contributed by atoms with E-state index < -0.39 is 0 Å². The van der Waals surface area contributed by atoms with Crippen molar-refractivity contribution in [2.24, 2.45) is 0 Å². The Morgan fingerprint density at radius 1 is 1.24 bits per heavy atom. The molecule has 2 aromatic rings. The van der Waals surface area contributed by atoms with E-state index in [1.54, 1.807) is 13.2 Å². The third-order valence-corrected chi connectivity index (χ3v) is 4.01. The number of hydrogen-bond donors (Lipinski definition) is 1. The van der Waals surface area contributed by atoms with Crippen molar-refractivity contribution in [2.45, 2.75) is 37.6 Å². The zero-order valence-electron chi connectivity index (χ0n) is 12.2. The number of hydrogen-bond acceptors (Lipinski definition) is 7. The Bertz CT molecular complexity index is 593. The zero-order valence-corrected chi connectivity index (χ0v) is 12.2. The largest absolute Gasteiger partial charge is 0.481 e. The van der Waals surface area contributed by atoms with Crippen LogP contribution in [0.5, 0.6) is 5.88 Å². The van der Waals surface area contributed by atoms with Gasteiger partial charge in [-0.25, -0.2) is 9.97 Å². The van der Waals surface area contributed by atoms with Crippen molar-refractivity contribution >= 4 is 0 Å². The van der Waals surface area contributed by atoms with Gasteiger partial charge in [0.1, 0.15) is 12.0 Å². The molecule has 0 aliphatic heterocycles. The Morgan fingerprint density at radius 3 is 2.76 bits per heavy atom. The van der Waals surface area contributed by atoms with Crippen LogP contribution in [0.15, 0.2) is 16.9 Å². The normalized spacial score (nSPS) is 22.2. The summed E-state index contributed by atoms with van der Waals surface area (Å²) in [5.41, 5.74) is 0.612. The standard InChI is InChI=1S/C14H19N5O2/c1-15-10-5-3-9(4-6-10)14-18-13(19-21-14)11-7-12(20-2)17-8-16-11/h7-10,15H,3-6H2,1-2H3. The van der Waals surface area contributed by atoms with Crippen LogP contribution in [0.4, 0.5) is 0 Å². The highest BCUT2D eigenvalue weighted by Gasteiger charge is 2.26. The summed E-state index contributed by atoms with van der Waals surface area (Å²) in [7, 11) is 3.58. The highest BCUT2D eigenvalue weighted by atomic mass is 16.5. The van der Waals surface area contributed by atoms with E-state index in [0.29, 0.717) is 35.2 Å². The van der Waals surface area contributed by atoms with E-state index in [4.69, 9.17) is 9.26 Å². The summed E-state index contributed by atoms with van der Waals surface area (Å²) in [5.74, 6) is 2.03. The van der Waals surface area contributed by atoms with Crippen molar-refractivity contribution in [3.63, 3.8) is 0 Å². The lowest BCUT2D eigenvalue weighted by Crippen LogP contribution is -2.29. The van der Waals surface area contributed by atoms with Crippen LogP contribution in [-0.2, 0) is 0 Å². The van der Waals surface area contributed by atoms with Crippen LogP contribution in [0.1, 0.15) is 37.5 Å². The predicted octanol–water partition coefficient (Wildman–Crippen LogP) is 1.78. The van der Waals surface area contributed by atoms with Gasteiger partial charge in [0, 0.05) is 18.0 Å². The summed E-state index contributed by atoms with van der Waals surface area (Å²) in [6.45, 7) is 0. The molecule has 0 bridgehead atoms. The van der Waals surface area contributed by atoms with E-state index >= 15 is 0 Å². The molecule has 0 spiro atoms. The van der Waals surface area contributed by atoms with Gasteiger partial charge in [-0.05, 0) is 32.7 Å². The molecule has 0 amide bonds. The lowest BCUT2D eigenvalue weighted by atomic mass is 9.86. The van der Waals surface area contributed by atoms with E-state index in [0.717, 1.165) is 25.7 Å². The average molecular weight is 289 g/mol. The topological polar surface area (TPSA) is 86.0 Å². The maximum atomic E-state index is 5.42. The maximum absolute atomic E-state index is 5.42. The summed E-state index contributed by atoms with van der Waals surface area (Å²) < 4.78 is 10.5. The molecule has 2 heterocycles. The highest BCUT2D eigenvalue weighted by molar-refractivity contribution is 5.49. The number of aromatic nitrogens is 4. The van der Waals surface area contributed by atoms with Gasteiger partial charge < -0.3 is 14.6 Å². The monoisotopic (exact) mass is 289 g/mol. The van der Waals surface area contributed by atoms with Gasteiger partial charge in [-0.1, -0.05) is 5.16 Å². The van der Waals surface area contributed by atoms with E-state index in [2.05, 4.69) is 25.4 Å². The summed E-state index contributed by atoms with van der Waals surface area (Å²) >= 11 is 0. The van der Waals surface area contributed by atoms with E-state index in [1.165, 1.54) is 6.33 Å². The third-order valence-electron chi connectivity index (χ3n) is 4.01. The molecule has 1 aliphatic rings. The molecular weight excluding hydrogens is 270 g/mol. The molecule has 7 heteroatoms. The van der Waals surface area contributed by atoms with E-state index in [-0.39, 0.29) is 0 Å². The summed E-state index contributed by atoms with van der Waals surface area (Å²) in [6, 6.07) is 2.31. The quantitative estimate of drug-likeness (QED) is 0.918. The number of nitrogens with one attached hydrogen (secondary N) is 1. The van der Waals surface area contributed by atoms with Crippen molar-refractivity contribution in [3.8, 4) is 17.4 Å². The van der Waals surface area contributed by atoms with Crippen LogP contribution in [0.2, 0.25) is 0 Å². The Balaban J connectivity index is 1.74. The average Bonchev–Trinajstić information content (AvgIpc) is 3.05. The lowest BCUT2D eigenvalue weighted by molar-refractivity contribution is 0.288. The van der Waals surface area contributed by atoms with Gasteiger partial charge in [0.2, 0.25) is 17.6 Å². The SMILES string of the molecule is CNC1CCC(c2nc(-c3cc(OC)ncn3)no2)CC1. The highest BCUT2D eigenvalue weighted by Crippen LogP contribution is 2.32. The van der Waals surface area contributed by atoms with Crippen molar-refractivity contribution in [1.82, 2.24) is 25.4 Å². The van der Waals surface area contributed by atoms with Crippen molar-refractivity contribution in [1.29, 1.82) is 0 Å². The molecule has 0 saturated heterocycles. The van der Waals surface area contributed by atoms with Gasteiger partial charge in [-0.3, -0.25) is 0 Å². The maximum Gasteiger partial charge on any atom is 0.230 e. The van der Waals surface area contributed by atoms with Gasteiger partial charge in [-0.15, -0.1) is 0 Å². The molecule has 3 rings (SSSR count). The minimum Gasteiger partial charge on any atom is -0.481 e. The summed E-state index contributed by atoms with van der Waals surface area (Å²) in [4.78, 5) is 12.6. The molecule has 112 valence electrons. The Kier molecular flexibility index (Phi) is 4.10. The lowest BCUT2D eigenvalue weighted by Gasteiger charge is -2.25.